The number of aliphatic carboxylic acids is 1. The summed E-state index contributed by atoms with van der Waals surface area (Å²) in [5.74, 6) is -1.12. The van der Waals surface area contributed by atoms with Crippen LogP contribution in [0, 0.1) is 6.92 Å². The fourth-order valence-electron chi connectivity index (χ4n) is 1.39. The van der Waals surface area contributed by atoms with Gasteiger partial charge in [0.1, 0.15) is 0 Å². The lowest BCUT2D eigenvalue weighted by Crippen LogP contribution is -2.42. The largest absolute Gasteiger partial charge is 0.479 e. The minimum absolute atomic E-state index is 0.0983. The van der Waals surface area contributed by atoms with Crippen molar-refractivity contribution in [3.05, 3.63) is 29.6 Å². The number of carboxylic acid groups (broad SMARTS) is 1. The van der Waals surface area contributed by atoms with Crippen molar-refractivity contribution < 1.29 is 19.4 Å². The molecule has 0 saturated carbocycles. The Kier molecular flexibility index (Phi) is 5.74. The molecule has 0 spiro atoms. The van der Waals surface area contributed by atoms with Gasteiger partial charge < -0.3 is 20.5 Å². The van der Waals surface area contributed by atoms with Gasteiger partial charge in [-0.2, -0.15) is 0 Å². The summed E-state index contributed by atoms with van der Waals surface area (Å²) in [6.45, 7) is 2.04. The molecule has 3 N–H and O–H groups in total. The van der Waals surface area contributed by atoms with Crippen molar-refractivity contribution >= 4 is 12.0 Å². The highest BCUT2D eigenvalue weighted by molar-refractivity contribution is 5.76. The average Bonchev–Trinajstić information content (AvgIpc) is 2.37. The first-order valence-corrected chi connectivity index (χ1v) is 5.72. The minimum atomic E-state index is -1.12. The normalized spacial score (nSPS) is 11.7. The Hall–Kier alpha value is -2.15. The Morgan fingerprint density at radius 3 is 2.74 bits per heavy atom. The number of carboxylic acids is 1. The highest BCUT2D eigenvalue weighted by Crippen LogP contribution is 1.97. The predicted octanol–water partition coefficient (Wildman–Crippen LogP) is 0.289. The summed E-state index contributed by atoms with van der Waals surface area (Å²) >= 11 is 0. The van der Waals surface area contributed by atoms with Gasteiger partial charge in [-0.1, -0.05) is 6.07 Å². The fourth-order valence-corrected chi connectivity index (χ4v) is 1.39. The van der Waals surface area contributed by atoms with Crippen LogP contribution >= 0.6 is 0 Å². The monoisotopic (exact) mass is 267 g/mol. The van der Waals surface area contributed by atoms with Crippen LogP contribution in [0.15, 0.2) is 18.2 Å². The lowest BCUT2D eigenvalue weighted by molar-refractivity contribution is -0.147. The number of rotatable bonds is 6. The summed E-state index contributed by atoms with van der Waals surface area (Å²) in [7, 11) is 1.27. The molecule has 1 atom stereocenters. The van der Waals surface area contributed by atoms with Gasteiger partial charge in [-0.15, -0.1) is 0 Å². The minimum Gasteiger partial charge on any atom is -0.479 e. The third kappa shape index (κ3) is 5.35. The summed E-state index contributed by atoms with van der Waals surface area (Å²) in [4.78, 5) is 26.3. The van der Waals surface area contributed by atoms with Gasteiger partial charge in [0.25, 0.3) is 0 Å². The van der Waals surface area contributed by atoms with Crippen LogP contribution in [0.5, 0.6) is 0 Å². The topological polar surface area (TPSA) is 101 Å². The average molecular weight is 267 g/mol. The highest BCUT2D eigenvalue weighted by Gasteiger charge is 2.16. The van der Waals surface area contributed by atoms with Gasteiger partial charge in [0, 0.05) is 12.8 Å². The van der Waals surface area contributed by atoms with Crippen molar-refractivity contribution in [2.24, 2.45) is 0 Å². The second-order valence-electron chi connectivity index (χ2n) is 3.90. The molecule has 104 valence electrons. The summed E-state index contributed by atoms with van der Waals surface area (Å²) in [6.07, 6.45) is -1.05. The Labute approximate surface area is 111 Å². The Morgan fingerprint density at radius 1 is 1.42 bits per heavy atom. The van der Waals surface area contributed by atoms with Crippen LogP contribution in [-0.4, -0.2) is 41.8 Å². The lowest BCUT2D eigenvalue weighted by atomic mass is 10.3. The molecule has 7 nitrogen and oxygen atoms in total. The van der Waals surface area contributed by atoms with Gasteiger partial charge in [0.05, 0.1) is 18.8 Å². The molecular formula is C12H17N3O4. The van der Waals surface area contributed by atoms with Crippen molar-refractivity contribution in [3.8, 4) is 0 Å². The van der Waals surface area contributed by atoms with Crippen molar-refractivity contribution in [1.29, 1.82) is 0 Å². The maximum absolute atomic E-state index is 11.4. The van der Waals surface area contributed by atoms with E-state index in [1.54, 1.807) is 6.07 Å². The van der Waals surface area contributed by atoms with Gasteiger partial charge in [0.2, 0.25) is 0 Å². The Balaban J connectivity index is 2.34. The molecule has 1 aromatic heterocycles. The van der Waals surface area contributed by atoms with E-state index in [-0.39, 0.29) is 13.1 Å². The van der Waals surface area contributed by atoms with Crippen LogP contribution in [0.1, 0.15) is 11.4 Å². The summed E-state index contributed by atoms with van der Waals surface area (Å²) in [5, 5.41) is 13.7. The number of aryl methyl sites for hydroxylation is 1. The molecule has 0 aliphatic carbocycles. The fraction of sp³-hybridized carbons (Fsp3) is 0.417. The van der Waals surface area contributed by atoms with E-state index in [0.29, 0.717) is 0 Å². The maximum Gasteiger partial charge on any atom is 0.334 e. The second kappa shape index (κ2) is 7.32. The number of aromatic nitrogens is 1. The van der Waals surface area contributed by atoms with Crippen molar-refractivity contribution in [2.75, 3.05) is 13.7 Å². The third-order valence-corrected chi connectivity index (χ3v) is 2.38. The first kappa shape index (κ1) is 14.9. The van der Waals surface area contributed by atoms with Gasteiger partial charge in [-0.3, -0.25) is 4.98 Å². The number of ether oxygens (including phenoxy) is 1. The molecule has 0 saturated heterocycles. The SMILES string of the molecule is COC(CNC(=O)NCc1cccc(C)n1)C(=O)O. The zero-order chi connectivity index (χ0) is 14.3. The van der Waals surface area contributed by atoms with Gasteiger partial charge in [0.15, 0.2) is 6.10 Å². The zero-order valence-electron chi connectivity index (χ0n) is 10.8. The Bertz CT molecular complexity index is 450. The van der Waals surface area contributed by atoms with E-state index in [9.17, 15) is 9.59 Å². The summed E-state index contributed by atoms with van der Waals surface area (Å²) in [5.41, 5.74) is 1.60. The van der Waals surface area contributed by atoms with Gasteiger partial charge in [-0.25, -0.2) is 9.59 Å². The van der Waals surface area contributed by atoms with E-state index in [4.69, 9.17) is 5.11 Å². The number of carbonyl (C=O) groups excluding carboxylic acids is 1. The number of carbonyl (C=O) groups is 2. The molecule has 1 rings (SSSR count). The molecular weight excluding hydrogens is 250 g/mol. The predicted molar refractivity (Wildman–Crippen MR) is 67.6 cm³/mol. The molecule has 1 unspecified atom stereocenters. The quantitative estimate of drug-likeness (QED) is 0.687. The van der Waals surface area contributed by atoms with E-state index in [0.717, 1.165) is 11.4 Å². The van der Waals surface area contributed by atoms with Crippen LogP contribution in [0.3, 0.4) is 0 Å². The molecule has 2 amide bonds. The number of urea groups is 1. The molecule has 0 bridgehead atoms. The zero-order valence-corrected chi connectivity index (χ0v) is 10.8. The summed E-state index contributed by atoms with van der Waals surface area (Å²) in [6, 6.07) is 5.04. The number of amides is 2. The number of hydrogen-bond donors (Lipinski definition) is 3. The number of pyridine rings is 1. The molecule has 19 heavy (non-hydrogen) atoms. The van der Waals surface area contributed by atoms with Gasteiger partial charge in [-0.05, 0) is 19.1 Å². The first-order chi connectivity index (χ1) is 9.02. The van der Waals surface area contributed by atoms with Crippen molar-refractivity contribution in [1.82, 2.24) is 15.6 Å². The molecule has 0 fully saturated rings. The molecule has 0 aliphatic heterocycles. The number of methoxy groups -OCH3 is 1. The number of nitrogens with one attached hydrogen (secondary N) is 2. The Morgan fingerprint density at radius 2 is 2.16 bits per heavy atom. The maximum atomic E-state index is 11.4. The standard InChI is InChI=1S/C12H17N3O4/c1-8-4-3-5-9(15-8)6-13-12(18)14-7-10(19-2)11(16)17/h3-5,10H,6-7H2,1-2H3,(H,16,17)(H2,13,14,18). The van der Waals surface area contributed by atoms with Crippen LogP contribution in [-0.2, 0) is 16.1 Å². The van der Waals surface area contributed by atoms with Crippen LogP contribution < -0.4 is 10.6 Å². The lowest BCUT2D eigenvalue weighted by Gasteiger charge is -2.12. The molecule has 1 aromatic rings. The first-order valence-electron chi connectivity index (χ1n) is 5.72. The number of hydrogen-bond acceptors (Lipinski definition) is 4. The van der Waals surface area contributed by atoms with E-state index < -0.39 is 18.1 Å². The molecule has 0 radical (unpaired) electrons. The van der Waals surface area contributed by atoms with Crippen LogP contribution in [0.2, 0.25) is 0 Å². The molecule has 7 heteroatoms. The summed E-state index contributed by atoms with van der Waals surface area (Å²) < 4.78 is 4.69. The second-order valence-corrected chi connectivity index (χ2v) is 3.90. The highest BCUT2D eigenvalue weighted by atomic mass is 16.5. The van der Waals surface area contributed by atoms with E-state index in [1.807, 2.05) is 19.1 Å². The van der Waals surface area contributed by atoms with Crippen molar-refractivity contribution in [3.63, 3.8) is 0 Å². The van der Waals surface area contributed by atoms with E-state index >= 15 is 0 Å². The van der Waals surface area contributed by atoms with Crippen LogP contribution in [0.25, 0.3) is 0 Å². The molecule has 1 heterocycles. The van der Waals surface area contributed by atoms with Gasteiger partial charge >= 0.3 is 12.0 Å². The van der Waals surface area contributed by atoms with Crippen molar-refractivity contribution in [2.45, 2.75) is 19.6 Å². The molecule has 0 aliphatic rings. The van der Waals surface area contributed by atoms with Crippen LogP contribution in [0.4, 0.5) is 4.79 Å². The van der Waals surface area contributed by atoms with E-state index in [2.05, 4.69) is 20.4 Å². The third-order valence-electron chi connectivity index (χ3n) is 2.38. The number of nitrogens with zero attached hydrogens (tertiary/aromatic N) is 1. The smallest absolute Gasteiger partial charge is 0.334 e. The van der Waals surface area contributed by atoms with E-state index in [1.165, 1.54) is 7.11 Å². The molecule has 0 aromatic carbocycles.